The minimum Gasteiger partial charge on any atom is -0.477 e. The molecular weight excluding hydrogens is 468 g/mol. The van der Waals surface area contributed by atoms with E-state index in [9.17, 15) is 31.9 Å². The SMILES string of the molecule is O=C(O)c1cc(=O)c2cc(F)c(F)cc2n1C1CC1.O=C1CCN(C2CC2)c2cc(F)c(F)cc21. The first kappa shape index (κ1) is 23.1. The maximum atomic E-state index is 13.3. The third-order valence-electron chi connectivity index (χ3n) is 6.44. The zero-order valence-corrected chi connectivity index (χ0v) is 18.4. The smallest absolute Gasteiger partial charge is 0.352 e. The van der Waals surface area contributed by atoms with Crippen LogP contribution in [-0.2, 0) is 0 Å². The number of hydrogen-bond acceptors (Lipinski definition) is 4. The predicted octanol–water partition coefficient (Wildman–Crippen LogP) is 4.83. The van der Waals surface area contributed by atoms with Gasteiger partial charge < -0.3 is 14.6 Å². The molecule has 3 aromatic rings. The van der Waals surface area contributed by atoms with E-state index in [1.54, 1.807) is 0 Å². The molecule has 6 rings (SSSR count). The first-order valence-corrected chi connectivity index (χ1v) is 11.2. The number of halogens is 4. The number of carbonyl (C=O) groups is 2. The molecule has 0 spiro atoms. The van der Waals surface area contributed by atoms with Crippen molar-refractivity contribution in [3.05, 3.63) is 75.1 Å². The summed E-state index contributed by atoms with van der Waals surface area (Å²) >= 11 is 0. The summed E-state index contributed by atoms with van der Waals surface area (Å²) in [7, 11) is 0. The molecule has 182 valence electrons. The van der Waals surface area contributed by atoms with Crippen molar-refractivity contribution < 1.29 is 32.3 Å². The molecule has 1 aromatic heterocycles. The normalized spacial score (nSPS) is 17.1. The van der Waals surface area contributed by atoms with E-state index in [1.807, 2.05) is 4.90 Å². The Labute approximate surface area is 196 Å². The molecule has 2 aliphatic carbocycles. The van der Waals surface area contributed by atoms with Gasteiger partial charge in [-0.2, -0.15) is 0 Å². The fraction of sp³-hybridized carbons (Fsp3) is 0.320. The summed E-state index contributed by atoms with van der Waals surface area (Å²) in [6.07, 6.45) is 4.07. The number of pyridine rings is 1. The fourth-order valence-electron chi connectivity index (χ4n) is 4.47. The molecule has 10 heteroatoms. The third-order valence-corrected chi connectivity index (χ3v) is 6.44. The Bertz CT molecular complexity index is 1440. The van der Waals surface area contributed by atoms with Gasteiger partial charge in [0.15, 0.2) is 34.5 Å². The fourth-order valence-corrected chi connectivity index (χ4v) is 4.47. The topological polar surface area (TPSA) is 79.6 Å². The monoisotopic (exact) mass is 488 g/mol. The van der Waals surface area contributed by atoms with Crippen LogP contribution in [0, 0.1) is 23.3 Å². The van der Waals surface area contributed by atoms with Gasteiger partial charge >= 0.3 is 5.97 Å². The number of rotatable bonds is 3. The maximum absolute atomic E-state index is 13.3. The lowest BCUT2D eigenvalue weighted by Crippen LogP contribution is -2.34. The van der Waals surface area contributed by atoms with Crippen molar-refractivity contribution in [2.24, 2.45) is 0 Å². The Balaban J connectivity index is 0.000000147. The van der Waals surface area contributed by atoms with Gasteiger partial charge in [0.25, 0.3) is 0 Å². The maximum Gasteiger partial charge on any atom is 0.352 e. The minimum absolute atomic E-state index is 0.00389. The van der Waals surface area contributed by atoms with Crippen molar-refractivity contribution in [1.82, 2.24) is 4.57 Å². The molecule has 6 nitrogen and oxygen atoms in total. The molecule has 2 fully saturated rings. The number of ketones is 1. The van der Waals surface area contributed by atoms with Crippen LogP contribution in [0.25, 0.3) is 10.9 Å². The molecule has 35 heavy (non-hydrogen) atoms. The minimum atomic E-state index is -1.25. The highest BCUT2D eigenvalue weighted by atomic mass is 19.2. The molecule has 0 radical (unpaired) electrons. The molecule has 3 aliphatic rings. The van der Waals surface area contributed by atoms with Crippen LogP contribution in [0.3, 0.4) is 0 Å². The van der Waals surface area contributed by atoms with Gasteiger partial charge in [0, 0.05) is 54.2 Å². The van der Waals surface area contributed by atoms with Crippen LogP contribution in [-0.4, -0.2) is 34.0 Å². The van der Waals surface area contributed by atoms with Crippen molar-refractivity contribution >= 4 is 28.3 Å². The number of carboxylic acids is 1. The number of anilines is 1. The molecule has 0 amide bonds. The number of fused-ring (bicyclic) bond motifs is 2. The van der Waals surface area contributed by atoms with Crippen LogP contribution in [0.4, 0.5) is 23.2 Å². The van der Waals surface area contributed by atoms with Crippen LogP contribution in [0.5, 0.6) is 0 Å². The van der Waals surface area contributed by atoms with Crippen LogP contribution in [0.15, 0.2) is 35.1 Å². The standard InChI is InChI=1S/C13H9F2NO3.C12H11F2NO/c14-8-3-7-10(4-9(8)15)16(6-1-2-6)11(13(18)19)5-12(7)17;13-9-5-8-11(6-10(9)14)15(7-1-2-7)4-3-12(8)16/h3-6H,1-2H2,(H,18,19);5-7H,1-4H2. The van der Waals surface area contributed by atoms with Crippen LogP contribution >= 0.6 is 0 Å². The molecule has 2 heterocycles. The summed E-state index contributed by atoms with van der Waals surface area (Å²) in [5.74, 6) is -5.37. The van der Waals surface area contributed by atoms with Crippen molar-refractivity contribution in [3.63, 3.8) is 0 Å². The summed E-state index contributed by atoms with van der Waals surface area (Å²) in [4.78, 5) is 36.6. The van der Waals surface area contributed by atoms with Gasteiger partial charge in [-0.25, -0.2) is 22.4 Å². The molecule has 2 saturated carbocycles. The molecule has 0 atom stereocenters. The summed E-state index contributed by atoms with van der Waals surface area (Å²) in [6.45, 7) is 0.627. The number of aromatic carboxylic acids is 1. The predicted molar refractivity (Wildman–Crippen MR) is 119 cm³/mol. The molecule has 2 aromatic carbocycles. The number of aromatic nitrogens is 1. The first-order chi connectivity index (χ1) is 16.7. The van der Waals surface area contributed by atoms with Gasteiger partial charge in [-0.1, -0.05) is 0 Å². The molecular formula is C25H20F4N2O4. The lowest BCUT2D eigenvalue weighted by atomic mass is 10.00. The van der Waals surface area contributed by atoms with Crippen molar-refractivity contribution in [2.45, 2.75) is 44.2 Å². The summed E-state index contributed by atoms with van der Waals surface area (Å²) in [5, 5.41) is 9.12. The Kier molecular flexibility index (Phi) is 5.61. The molecule has 1 aliphatic heterocycles. The van der Waals surface area contributed by atoms with Gasteiger partial charge in [-0.05, 0) is 37.8 Å². The van der Waals surface area contributed by atoms with E-state index in [1.165, 1.54) is 4.57 Å². The molecule has 0 unspecified atom stereocenters. The zero-order valence-electron chi connectivity index (χ0n) is 18.4. The van der Waals surface area contributed by atoms with Crippen molar-refractivity contribution in [1.29, 1.82) is 0 Å². The Hall–Kier alpha value is -3.69. The summed E-state index contributed by atoms with van der Waals surface area (Å²) in [5.41, 5.74) is 0.218. The summed E-state index contributed by atoms with van der Waals surface area (Å²) in [6, 6.07) is 5.19. The van der Waals surface area contributed by atoms with E-state index < -0.39 is 34.7 Å². The van der Waals surface area contributed by atoms with Crippen LogP contribution in [0.1, 0.15) is 59.0 Å². The molecule has 1 N–H and O–H groups in total. The second kappa shape index (κ2) is 8.51. The quantitative estimate of drug-likeness (QED) is 0.534. The molecule has 0 saturated heterocycles. The van der Waals surface area contributed by atoms with E-state index >= 15 is 0 Å². The number of carbonyl (C=O) groups excluding carboxylic acids is 1. The van der Waals surface area contributed by atoms with Gasteiger partial charge in [0.1, 0.15) is 5.69 Å². The number of nitrogens with zero attached hydrogens (tertiary/aromatic N) is 2. The Morgan fingerprint density at radius 1 is 0.829 bits per heavy atom. The third kappa shape index (κ3) is 4.28. The van der Waals surface area contributed by atoms with Gasteiger partial charge in [-0.3, -0.25) is 9.59 Å². The number of hydrogen-bond donors (Lipinski definition) is 1. The second-order valence-electron chi connectivity index (χ2n) is 8.96. The van der Waals surface area contributed by atoms with E-state index in [0.29, 0.717) is 30.3 Å². The Morgan fingerprint density at radius 2 is 1.43 bits per heavy atom. The average Bonchev–Trinajstić information content (AvgIpc) is 3.71. The van der Waals surface area contributed by atoms with Gasteiger partial charge in [-0.15, -0.1) is 0 Å². The molecule has 0 bridgehead atoms. The largest absolute Gasteiger partial charge is 0.477 e. The van der Waals surface area contributed by atoms with Gasteiger partial charge in [0.05, 0.1) is 11.2 Å². The Morgan fingerprint density at radius 3 is 2.06 bits per heavy atom. The number of Topliss-reactive ketones (excluding diaryl/α,β-unsaturated/α-hetero) is 1. The van der Waals surface area contributed by atoms with Crippen molar-refractivity contribution in [3.8, 4) is 0 Å². The van der Waals surface area contributed by atoms with Crippen molar-refractivity contribution in [2.75, 3.05) is 11.4 Å². The zero-order chi connectivity index (χ0) is 25.0. The lowest BCUT2D eigenvalue weighted by molar-refractivity contribution is 0.0684. The van der Waals surface area contributed by atoms with Crippen LogP contribution < -0.4 is 10.3 Å². The lowest BCUT2D eigenvalue weighted by Gasteiger charge is -2.30. The van der Waals surface area contributed by atoms with E-state index in [-0.39, 0.29) is 28.4 Å². The van der Waals surface area contributed by atoms with E-state index in [2.05, 4.69) is 0 Å². The van der Waals surface area contributed by atoms with Crippen LogP contribution in [0.2, 0.25) is 0 Å². The highest BCUT2D eigenvalue weighted by molar-refractivity contribution is 6.03. The first-order valence-electron chi connectivity index (χ1n) is 11.2. The van der Waals surface area contributed by atoms with E-state index in [0.717, 1.165) is 56.0 Å². The average molecular weight is 488 g/mol. The second-order valence-corrected chi connectivity index (χ2v) is 8.96. The number of benzene rings is 2. The van der Waals surface area contributed by atoms with Gasteiger partial charge in [0.2, 0.25) is 0 Å². The number of carboxylic acid groups (broad SMARTS) is 1. The van der Waals surface area contributed by atoms with E-state index in [4.69, 9.17) is 5.11 Å². The highest BCUT2D eigenvalue weighted by Gasteiger charge is 2.35. The highest BCUT2D eigenvalue weighted by Crippen LogP contribution is 2.39. The summed E-state index contributed by atoms with van der Waals surface area (Å²) < 4.78 is 54.2.